The molecule has 0 radical (unpaired) electrons. The van der Waals surface area contributed by atoms with Gasteiger partial charge in [-0.3, -0.25) is 0 Å². The van der Waals surface area contributed by atoms with Gasteiger partial charge in [-0.2, -0.15) is 0 Å². The van der Waals surface area contributed by atoms with Gasteiger partial charge in [0.05, 0.1) is 12.9 Å². The second kappa shape index (κ2) is 13.8. The van der Waals surface area contributed by atoms with Crippen molar-refractivity contribution in [1.29, 1.82) is 0 Å². The van der Waals surface area contributed by atoms with Gasteiger partial charge in [-0.15, -0.1) is 0 Å². The summed E-state index contributed by atoms with van der Waals surface area (Å²) in [7, 11) is 0. The van der Waals surface area contributed by atoms with Gasteiger partial charge in [0.15, 0.2) is 5.69 Å². The van der Waals surface area contributed by atoms with Gasteiger partial charge in [-0.1, -0.05) is 64.7 Å². The molecule has 1 heterocycles. The molecule has 5 nitrogen and oxygen atoms in total. The molecule has 0 N–H and O–H groups in total. The average molecular weight is 401 g/mol. The zero-order chi connectivity index (χ0) is 20.7. The summed E-state index contributed by atoms with van der Waals surface area (Å²) < 4.78 is 13.0. The Kier molecular flexibility index (Phi) is 10.9. The number of hydrogen-bond donors (Lipinski definition) is 0. The molecule has 0 aliphatic heterocycles. The highest BCUT2D eigenvalue weighted by molar-refractivity contribution is 5.88. The maximum atomic E-state index is 12.1. The Morgan fingerprint density at radius 2 is 1.45 bits per heavy atom. The quantitative estimate of drug-likeness (QED) is 0.197. The summed E-state index contributed by atoms with van der Waals surface area (Å²) in [4.78, 5) is 16.1. The van der Waals surface area contributed by atoms with Crippen LogP contribution in [0.3, 0.4) is 0 Å². The molecule has 2 rings (SSSR count). The number of ether oxygens (including phenoxy) is 2. The van der Waals surface area contributed by atoms with E-state index in [0.29, 0.717) is 11.4 Å². The molecule has 0 fully saturated rings. The van der Waals surface area contributed by atoms with E-state index >= 15 is 0 Å². The summed E-state index contributed by atoms with van der Waals surface area (Å²) in [5.74, 6) is 0.847. The van der Waals surface area contributed by atoms with Gasteiger partial charge in [0.1, 0.15) is 11.5 Å². The number of hydrogen-bond acceptors (Lipinski definition) is 4. The van der Waals surface area contributed by atoms with Crippen LogP contribution in [0.15, 0.2) is 36.8 Å². The molecule has 0 aliphatic carbocycles. The van der Waals surface area contributed by atoms with E-state index in [4.69, 9.17) is 9.47 Å². The van der Waals surface area contributed by atoms with Crippen LogP contribution in [0.4, 0.5) is 0 Å². The normalized spacial score (nSPS) is 10.8. The second-order valence-corrected chi connectivity index (χ2v) is 7.48. The van der Waals surface area contributed by atoms with Gasteiger partial charge in [-0.25, -0.2) is 9.78 Å². The zero-order valence-electron chi connectivity index (χ0n) is 18.1. The Morgan fingerprint density at radius 3 is 2.03 bits per heavy atom. The van der Waals surface area contributed by atoms with Crippen molar-refractivity contribution in [2.24, 2.45) is 0 Å². The van der Waals surface area contributed by atoms with Gasteiger partial charge in [0.2, 0.25) is 0 Å². The van der Waals surface area contributed by atoms with E-state index in [1.54, 1.807) is 24.7 Å². The van der Waals surface area contributed by atoms with Gasteiger partial charge < -0.3 is 14.0 Å². The van der Waals surface area contributed by atoms with Crippen LogP contribution in [-0.4, -0.2) is 22.1 Å². The topological polar surface area (TPSA) is 53.4 Å². The van der Waals surface area contributed by atoms with Crippen LogP contribution in [0.5, 0.6) is 11.5 Å². The zero-order valence-corrected chi connectivity index (χ0v) is 18.1. The molecule has 0 unspecified atom stereocenters. The van der Waals surface area contributed by atoms with Crippen LogP contribution in [0, 0.1) is 0 Å². The molecule has 0 aliphatic rings. The maximum Gasteiger partial charge on any atom is 0.363 e. The molecule has 2 aromatic rings. The third-order valence-corrected chi connectivity index (χ3v) is 5.01. The van der Waals surface area contributed by atoms with E-state index in [2.05, 4.69) is 11.9 Å². The summed E-state index contributed by atoms with van der Waals surface area (Å²) in [6.45, 7) is 5.75. The lowest BCUT2D eigenvalue weighted by Crippen LogP contribution is -2.09. The summed E-state index contributed by atoms with van der Waals surface area (Å²) >= 11 is 0. The lowest BCUT2D eigenvalue weighted by atomic mass is 10.1. The average Bonchev–Trinajstić information content (AvgIpc) is 3.23. The first-order valence-corrected chi connectivity index (χ1v) is 11.2. The number of imidazole rings is 1. The summed E-state index contributed by atoms with van der Waals surface area (Å²) in [6.07, 6.45) is 16.5. The smallest absolute Gasteiger partial charge is 0.363 e. The Hall–Kier alpha value is -2.30. The molecular weight excluding hydrogens is 364 g/mol. The Balaban J connectivity index is 1.55. The highest BCUT2D eigenvalue weighted by atomic mass is 16.5. The van der Waals surface area contributed by atoms with Crippen LogP contribution in [0.25, 0.3) is 0 Å². The Labute approximate surface area is 175 Å². The fraction of sp³-hybridized carbons (Fsp3) is 0.583. The van der Waals surface area contributed by atoms with Gasteiger partial charge in [0, 0.05) is 12.7 Å². The van der Waals surface area contributed by atoms with E-state index in [1.165, 1.54) is 57.8 Å². The second-order valence-electron chi connectivity index (χ2n) is 7.48. The summed E-state index contributed by atoms with van der Waals surface area (Å²) in [5, 5.41) is 0. The van der Waals surface area contributed by atoms with E-state index in [1.807, 2.05) is 23.6 Å². The van der Waals surface area contributed by atoms with Crippen LogP contribution in [-0.2, 0) is 6.54 Å². The third kappa shape index (κ3) is 9.16. The number of aryl methyl sites for hydroxylation is 1. The molecule has 29 heavy (non-hydrogen) atoms. The fourth-order valence-electron chi connectivity index (χ4n) is 3.18. The lowest BCUT2D eigenvalue weighted by molar-refractivity contribution is 0.0729. The molecule has 1 aromatic heterocycles. The molecule has 0 saturated carbocycles. The first kappa shape index (κ1) is 23.0. The van der Waals surface area contributed by atoms with Crippen LogP contribution < -0.4 is 9.47 Å². The molecule has 0 amide bonds. The largest absolute Gasteiger partial charge is 0.494 e. The van der Waals surface area contributed by atoms with Crippen molar-refractivity contribution >= 4 is 5.97 Å². The van der Waals surface area contributed by atoms with E-state index in [0.717, 1.165) is 25.3 Å². The van der Waals surface area contributed by atoms with Gasteiger partial charge in [0.25, 0.3) is 0 Å². The number of esters is 1. The number of carbonyl (C=O) groups is 1. The lowest BCUT2D eigenvalue weighted by Gasteiger charge is -2.07. The number of rotatable bonds is 15. The molecule has 0 atom stereocenters. The van der Waals surface area contributed by atoms with Crippen LogP contribution in [0.1, 0.15) is 88.5 Å². The van der Waals surface area contributed by atoms with Crippen molar-refractivity contribution in [2.45, 2.75) is 84.6 Å². The SMILES string of the molecule is CCCCCCCCCCCCOc1ccc(OC(=O)c2cn(CC)cn2)cc1. The van der Waals surface area contributed by atoms with Gasteiger partial charge >= 0.3 is 5.97 Å². The van der Waals surface area contributed by atoms with Crippen molar-refractivity contribution in [3.8, 4) is 11.5 Å². The molecule has 0 saturated heterocycles. The van der Waals surface area contributed by atoms with Gasteiger partial charge in [-0.05, 0) is 37.6 Å². The minimum Gasteiger partial charge on any atom is -0.494 e. The first-order valence-electron chi connectivity index (χ1n) is 11.2. The van der Waals surface area contributed by atoms with E-state index in [-0.39, 0.29) is 0 Å². The fourth-order valence-corrected chi connectivity index (χ4v) is 3.18. The standard InChI is InChI=1S/C24H36N2O3/c1-3-5-6-7-8-9-10-11-12-13-18-28-21-14-16-22(17-15-21)29-24(27)23-19-26(4-2)20-25-23/h14-17,19-20H,3-13,18H2,1-2H3. The molecule has 1 aromatic carbocycles. The van der Waals surface area contributed by atoms with Crippen molar-refractivity contribution in [2.75, 3.05) is 6.61 Å². The molecule has 0 spiro atoms. The van der Waals surface area contributed by atoms with Crippen molar-refractivity contribution < 1.29 is 14.3 Å². The monoisotopic (exact) mass is 400 g/mol. The predicted molar refractivity (Wildman–Crippen MR) is 117 cm³/mol. The van der Waals surface area contributed by atoms with Crippen molar-refractivity contribution in [3.05, 3.63) is 42.5 Å². The number of benzene rings is 1. The highest BCUT2D eigenvalue weighted by Crippen LogP contribution is 2.19. The van der Waals surface area contributed by atoms with Crippen molar-refractivity contribution in [1.82, 2.24) is 9.55 Å². The third-order valence-electron chi connectivity index (χ3n) is 5.01. The van der Waals surface area contributed by atoms with Crippen molar-refractivity contribution in [3.63, 3.8) is 0 Å². The highest BCUT2D eigenvalue weighted by Gasteiger charge is 2.11. The Morgan fingerprint density at radius 1 is 0.862 bits per heavy atom. The molecular formula is C24H36N2O3. The summed E-state index contributed by atoms with van der Waals surface area (Å²) in [6, 6.07) is 7.18. The number of unbranched alkanes of at least 4 members (excludes halogenated alkanes) is 9. The minimum absolute atomic E-state index is 0.313. The molecule has 0 bridgehead atoms. The molecule has 5 heteroatoms. The molecule has 160 valence electrons. The summed E-state index contributed by atoms with van der Waals surface area (Å²) in [5.41, 5.74) is 0.313. The Bertz CT molecular complexity index is 694. The number of nitrogens with zero attached hydrogens (tertiary/aromatic N) is 2. The predicted octanol–water partition coefficient (Wildman–Crippen LogP) is 6.42. The minimum atomic E-state index is -0.448. The van der Waals surface area contributed by atoms with E-state index in [9.17, 15) is 4.79 Å². The van der Waals surface area contributed by atoms with Crippen LogP contribution >= 0.6 is 0 Å². The van der Waals surface area contributed by atoms with E-state index < -0.39 is 5.97 Å². The number of aromatic nitrogens is 2. The van der Waals surface area contributed by atoms with Crippen LogP contribution in [0.2, 0.25) is 0 Å². The first-order chi connectivity index (χ1) is 14.2. The maximum absolute atomic E-state index is 12.1. The number of carbonyl (C=O) groups excluding carboxylic acids is 1.